The van der Waals surface area contributed by atoms with Gasteiger partial charge in [-0.3, -0.25) is 4.79 Å². The molecule has 1 aromatic rings. The number of hydrogen-bond acceptors (Lipinski definition) is 1. The van der Waals surface area contributed by atoms with Crippen LogP contribution in [0.25, 0.3) is 0 Å². The van der Waals surface area contributed by atoms with Gasteiger partial charge in [-0.05, 0) is 30.2 Å². The van der Waals surface area contributed by atoms with Gasteiger partial charge in [0.15, 0.2) is 0 Å². The number of amides is 1. The van der Waals surface area contributed by atoms with E-state index in [1.807, 2.05) is 0 Å². The summed E-state index contributed by atoms with van der Waals surface area (Å²) in [6, 6.07) is 3.46. The molecular formula is C12H13F2NO. The first-order valence-corrected chi connectivity index (χ1v) is 5.19. The van der Waals surface area contributed by atoms with Gasteiger partial charge in [0.2, 0.25) is 5.91 Å². The van der Waals surface area contributed by atoms with Crippen LogP contribution in [0.4, 0.5) is 8.78 Å². The van der Waals surface area contributed by atoms with Gasteiger partial charge in [0.25, 0.3) is 0 Å². The molecule has 1 aliphatic carbocycles. The maximum Gasteiger partial charge on any atom is 0.219 e. The summed E-state index contributed by atoms with van der Waals surface area (Å²) in [4.78, 5) is 12.7. The van der Waals surface area contributed by atoms with E-state index in [2.05, 4.69) is 0 Å². The monoisotopic (exact) mass is 225 g/mol. The van der Waals surface area contributed by atoms with Crippen LogP contribution in [0.5, 0.6) is 0 Å². The average Bonchev–Trinajstić information content (AvgIpc) is 3.00. The van der Waals surface area contributed by atoms with Gasteiger partial charge in [-0.1, -0.05) is 0 Å². The molecule has 2 nitrogen and oxygen atoms in total. The summed E-state index contributed by atoms with van der Waals surface area (Å²) in [6.07, 6.45) is 0.705. The summed E-state index contributed by atoms with van der Waals surface area (Å²) in [5.41, 5.74) is 0.373. The van der Waals surface area contributed by atoms with Gasteiger partial charge in [0, 0.05) is 25.9 Å². The van der Waals surface area contributed by atoms with Crippen LogP contribution < -0.4 is 0 Å². The van der Waals surface area contributed by atoms with Gasteiger partial charge in [-0.15, -0.1) is 0 Å². The van der Waals surface area contributed by atoms with Gasteiger partial charge >= 0.3 is 0 Å². The molecule has 0 saturated heterocycles. The van der Waals surface area contributed by atoms with Gasteiger partial charge in [0.05, 0.1) is 0 Å². The lowest BCUT2D eigenvalue weighted by molar-refractivity contribution is -0.128. The highest BCUT2D eigenvalue weighted by atomic mass is 19.1. The molecule has 0 aromatic heterocycles. The third-order valence-corrected chi connectivity index (χ3v) is 3.11. The molecule has 2 rings (SSSR count). The highest BCUT2D eigenvalue weighted by Crippen LogP contribution is 2.45. The van der Waals surface area contributed by atoms with E-state index in [9.17, 15) is 13.6 Å². The zero-order chi connectivity index (χ0) is 11.9. The van der Waals surface area contributed by atoms with Crippen LogP contribution in [-0.4, -0.2) is 23.9 Å². The zero-order valence-electron chi connectivity index (χ0n) is 9.21. The van der Waals surface area contributed by atoms with Crippen molar-refractivity contribution in [2.24, 2.45) is 0 Å². The fourth-order valence-corrected chi connectivity index (χ4v) is 1.98. The van der Waals surface area contributed by atoms with Crippen molar-refractivity contribution >= 4 is 5.91 Å². The lowest BCUT2D eigenvalue weighted by Gasteiger charge is -2.14. The van der Waals surface area contributed by atoms with Crippen LogP contribution in [0, 0.1) is 11.6 Å². The molecule has 2 unspecified atom stereocenters. The molecule has 1 amide bonds. The molecule has 0 N–H and O–H groups in total. The molecule has 0 heterocycles. The molecule has 0 spiro atoms. The largest absolute Gasteiger partial charge is 0.342 e. The number of nitrogens with zero attached hydrogens (tertiary/aromatic N) is 1. The van der Waals surface area contributed by atoms with Crippen molar-refractivity contribution in [1.82, 2.24) is 4.90 Å². The van der Waals surface area contributed by atoms with E-state index in [1.54, 1.807) is 11.9 Å². The Morgan fingerprint density at radius 2 is 2.12 bits per heavy atom. The third kappa shape index (κ3) is 1.92. The predicted molar refractivity (Wildman–Crippen MR) is 55.9 cm³/mol. The van der Waals surface area contributed by atoms with Gasteiger partial charge < -0.3 is 4.90 Å². The van der Waals surface area contributed by atoms with E-state index in [4.69, 9.17) is 0 Å². The van der Waals surface area contributed by atoms with Crippen molar-refractivity contribution in [2.75, 3.05) is 7.05 Å². The van der Waals surface area contributed by atoms with Crippen LogP contribution in [0.15, 0.2) is 18.2 Å². The second-order valence-corrected chi connectivity index (χ2v) is 4.21. The molecule has 0 radical (unpaired) electrons. The quantitative estimate of drug-likeness (QED) is 0.756. The normalized spacial score (nSPS) is 23.0. The highest BCUT2D eigenvalue weighted by molar-refractivity contribution is 5.74. The minimum absolute atomic E-state index is 0.00815. The lowest BCUT2D eigenvalue weighted by atomic mass is 10.1. The summed E-state index contributed by atoms with van der Waals surface area (Å²) >= 11 is 0. The Bertz CT molecular complexity index is 433. The topological polar surface area (TPSA) is 20.3 Å². The molecule has 0 bridgehead atoms. The van der Waals surface area contributed by atoms with Gasteiger partial charge in [-0.25, -0.2) is 8.78 Å². The maximum atomic E-state index is 13.4. The SMILES string of the molecule is CC(=O)N(C)C1CC1c1cc(F)ccc1F. The first kappa shape index (κ1) is 11.0. The third-order valence-electron chi connectivity index (χ3n) is 3.11. The number of halogens is 2. The van der Waals surface area contributed by atoms with Crippen molar-refractivity contribution in [3.8, 4) is 0 Å². The molecule has 16 heavy (non-hydrogen) atoms. The molecule has 0 aliphatic heterocycles. The van der Waals surface area contributed by atoms with Crippen molar-refractivity contribution in [3.05, 3.63) is 35.4 Å². The van der Waals surface area contributed by atoms with Crippen LogP contribution in [0.3, 0.4) is 0 Å². The Hall–Kier alpha value is -1.45. The average molecular weight is 225 g/mol. The second-order valence-electron chi connectivity index (χ2n) is 4.21. The highest BCUT2D eigenvalue weighted by Gasteiger charge is 2.43. The van der Waals surface area contributed by atoms with Crippen LogP contribution in [-0.2, 0) is 4.79 Å². The lowest BCUT2D eigenvalue weighted by Crippen LogP contribution is -2.27. The summed E-state index contributed by atoms with van der Waals surface area (Å²) in [6.45, 7) is 1.47. The van der Waals surface area contributed by atoms with E-state index < -0.39 is 11.6 Å². The van der Waals surface area contributed by atoms with E-state index in [1.165, 1.54) is 13.0 Å². The number of rotatable bonds is 2. The fourth-order valence-electron chi connectivity index (χ4n) is 1.98. The van der Waals surface area contributed by atoms with E-state index in [0.717, 1.165) is 12.1 Å². The Morgan fingerprint density at radius 3 is 2.75 bits per heavy atom. The standard InChI is InChI=1S/C12H13F2NO/c1-7(16)15(2)12-6-10(12)9-5-8(13)3-4-11(9)14/h3-5,10,12H,6H2,1-2H3. The maximum absolute atomic E-state index is 13.4. The van der Waals surface area contributed by atoms with E-state index in [0.29, 0.717) is 12.0 Å². The predicted octanol–water partition coefficient (Wildman–Crippen LogP) is 2.30. The van der Waals surface area contributed by atoms with Gasteiger partial charge in [-0.2, -0.15) is 0 Å². The first-order chi connectivity index (χ1) is 7.50. The molecular weight excluding hydrogens is 212 g/mol. The molecule has 86 valence electrons. The Labute approximate surface area is 92.9 Å². The number of benzene rings is 1. The smallest absolute Gasteiger partial charge is 0.219 e. The van der Waals surface area contributed by atoms with Crippen molar-refractivity contribution in [3.63, 3.8) is 0 Å². The molecule has 2 atom stereocenters. The van der Waals surface area contributed by atoms with Crippen molar-refractivity contribution in [1.29, 1.82) is 0 Å². The molecule has 4 heteroatoms. The zero-order valence-corrected chi connectivity index (χ0v) is 9.21. The van der Waals surface area contributed by atoms with Crippen LogP contribution in [0.2, 0.25) is 0 Å². The molecule has 1 saturated carbocycles. The van der Waals surface area contributed by atoms with Crippen LogP contribution in [0.1, 0.15) is 24.8 Å². The van der Waals surface area contributed by atoms with Gasteiger partial charge in [0.1, 0.15) is 11.6 Å². The Kier molecular flexibility index (Phi) is 2.66. The summed E-state index contributed by atoms with van der Waals surface area (Å²) in [5, 5.41) is 0. The van der Waals surface area contributed by atoms with Crippen molar-refractivity contribution in [2.45, 2.75) is 25.3 Å². The number of hydrogen-bond donors (Lipinski definition) is 0. The van der Waals surface area contributed by atoms with E-state index >= 15 is 0 Å². The Balaban J connectivity index is 2.17. The Morgan fingerprint density at radius 1 is 1.44 bits per heavy atom. The number of carbonyl (C=O) groups excluding carboxylic acids is 1. The second kappa shape index (κ2) is 3.85. The summed E-state index contributed by atoms with van der Waals surface area (Å²) < 4.78 is 26.4. The fraction of sp³-hybridized carbons (Fsp3) is 0.417. The van der Waals surface area contributed by atoms with Crippen molar-refractivity contribution < 1.29 is 13.6 Å². The van der Waals surface area contributed by atoms with Crippen LogP contribution >= 0.6 is 0 Å². The molecule has 1 fully saturated rings. The van der Waals surface area contributed by atoms with E-state index in [-0.39, 0.29) is 17.9 Å². The molecule has 1 aliphatic rings. The summed E-state index contributed by atoms with van der Waals surface area (Å²) in [5.74, 6) is -0.952. The summed E-state index contributed by atoms with van der Waals surface area (Å²) in [7, 11) is 1.68. The first-order valence-electron chi connectivity index (χ1n) is 5.19. The minimum atomic E-state index is -0.437. The minimum Gasteiger partial charge on any atom is -0.342 e. The number of carbonyl (C=O) groups is 1. The molecule has 1 aromatic carbocycles. The number of likely N-dealkylation sites (N-methyl/N-ethyl adjacent to an activating group) is 1.